The van der Waals surface area contributed by atoms with Gasteiger partial charge in [-0.1, -0.05) is 18.2 Å². The van der Waals surface area contributed by atoms with E-state index in [0.29, 0.717) is 12.4 Å². The van der Waals surface area contributed by atoms with Gasteiger partial charge in [-0.3, -0.25) is 0 Å². The topological polar surface area (TPSA) is 47.3 Å². The van der Waals surface area contributed by atoms with Gasteiger partial charge in [0.2, 0.25) is 0 Å². The van der Waals surface area contributed by atoms with Crippen molar-refractivity contribution in [1.29, 1.82) is 0 Å². The van der Waals surface area contributed by atoms with Crippen molar-refractivity contribution in [3.05, 3.63) is 48.0 Å². The standard InChI is InChI=1S/C12H14N2O2/c1-14-9-13-6-11(14)8-16-12-5-3-2-4-10(12)7-15/h2-6,9,15H,7-8H2,1H3. The number of hydrogen-bond donors (Lipinski definition) is 1. The fourth-order valence-corrected chi connectivity index (χ4v) is 1.45. The average Bonchev–Trinajstić information content (AvgIpc) is 2.72. The van der Waals surface area contributed by atoms with Crippen LogP contribution in [-0.2, 0) is 20.3 Å². The number of para-hydroxylation sites is 1. The van der Waals surface area contributed by atoms with Crippen LogP contribution < -0.4 is 4.74 Å². The zero-order valence-corrected chi connectivity index (χ0v) is 9.13. The van der Waals surface area contributed by atoms with Gasteiger partial charge in [0.15, 0.2) is 0 Å². The molecule has 4 nitrogen and oxygen atoms in total. The van der Waals surface area contributed by atoms with Crippen molar-refractivity contribution in [1.82, 2.24) is 9.55 Å². The summed E-state index contributed by atoms with van der Waals surface area (Å²) in [6.07, 6.45) is 3.50. The number of aliphatic hydroxyl groups is 1. The van der Waals surface area contributed by atoms with E-state index in [2.05, 4.69) is 4.98 Å². The van der Waals surface area contributed by atoms with E-state index in [1.807, 2.05) is 35.9 Å². The van der Waals surface area contributed by atoms with Gasteiger partial charge in [-0.25, -0.2) is 4.98 Å². The molecule has 0 atom stereocenters. The molecule has 0 unspecified atom stereocenters. The molecule has 1 heterocycles. The van der Waals surface area contributed by atoms with E-state index in [0.717, 1.165) is 11.3 Å². The molecular formula is C12H14N2O2. The van der Waals surface area contributed by atoms with Crippen LogP contribution in [0.2, 0.25) is 0 Å². The summed E-state index contributed by atoms with van der Waals surface area (Å²) in [5.74, 6) is 0.714. The van der Waals surface area contributed by atoms with E-state index in [1.165, 1.54) is 0 Å². The van der Waals surface area contributed by atoms with Gasteiger partial charge in [0.1, 0.15) is 12.4 Å². The zero-order chi connectivity index (χ0) is 11.4. The fourth-order valence-electron chi connectivity index (χ4n) is 1.45. The van der Waals surface area contributed by atoms with Gasteiger partial charge in [0, 0.05) is 12.6 Å². The van der Waals surface area contributed by atoms with Crippen molar-refractivity contribution in [2.24, 2.45) is 7.05 Å². The molecule has 0 aliphatic rings. The molecule has 1 aromatic heterocycles. The second-order valence-electron chi connectivity index (χ2n) is 3.55. The number of ether oxygens (including phenoxy) is 1. The van der Waals surface area contributed by atoms with Crippen molar-refractivity contribution in [2.45, 2.75) is 13.2 Å². The first kappa shape index (κ1) is 10.7. The highest BCUT2D eigenvalue weighted by atomic mass is 16.5. The maximum absolute atomic E-state index is 9.13. The Hall–Kier alpha value is -1.81. The normalized spacial score (nSPS) is 10.4. The minimum Gasteiger partial charge on any atom is -0.487 e. The van der Waals surface area contributed by atoms with Gasteiger partial charge in [-0.15, -0.1) is 0 Å². The van der Waals surface area contributed by atoms with Crippen molar-refractivity contribution in [2.75, 3.05) is 0 Å². The fraction of sp³-hybridized carbons (Fsp3) is 0.250. The molecule has 0 bridgehead atoms. The van der Waals surface area contributed by atoms with Crippen LogP contribution in [0.1, 0.15) is 11.3 Å². The van der Waals surface area contributed by atoms with Crippen LogP contribution in [-0.4, -0.2) is 14.7 Å². The van der Waals surface area contributed by atoms with Gasteiger partial charge in [0.25, 0.3) is 0 Å². The van der Waals surface area contributed by atoms with E-state index in [4.69, 9.17) is 9.84 Å². The summed E-state index contributed by atoms with van der Waals surface area (Å²) in [4.78, 5) is 4.01. The van der Waals surface area contributed by atoms with Gasteiger partial charge >= 0.3 is 0 Å². The molecule has 0 spiro atoms. The van der Waals surface area contributed by atoms with Gasteiger partial charge in [-0.05, 0) is 6.07 Å². The van der Waals surface area contributed by atoms with E-state index < -0.39 is 0 Å². The Morgan fingerprint density at radius 3 is 2.88 bits per heavy atom. The number of nitrogens with zero attached hydrogens (tertiary/aromatic N) is 2. The lowest BCUT2D eigenvalue weighted by Crippen LogP contribution is -2.02. The van der Waals surface area contributed by atoms with Crippen LogP contribution in [0, 0.1) is 0 Å². The third-order valence-corrected chi connectivity index (χ3v) is 2.43. The van der Waals surface area contributed by atoms with Crippen LogP contribution in [0.3, 0.4) is 0 Å². The molecule has 0 amide bonds. The quantitative estimate of drug-likeness (QED) is 0.845. The molecule has 1 aromatic carbocycles. The second kappa shape index (κ2) is 4.81. The highest BCUT2D eigenvalue weighted by Crippen LogP contribution is 2.18. The number of aryl methyl sites for hydroxylation is 1. The number of aliphatic hydroxyl groups excluding tert-OH is 1. The number of benzene rings is 1. The Bertz CT molecular complexity index is 466. The lowest BCUT2D eigenvalue weighted by Gasteiger charge is -2.09. The summed E-state index contributed by atoms with van der Waals surface area (Å²) in [6, 6.07) is 7.46. The monoisotopic (exact) mass is 218 g/mol. The molecule has 0 saturated carbocycles. The predicted octanol–water partition coefficient (Wildman–Crippen LogP) is 1.49. The zero-order valence-electron chi connectivity index (χ0n) is 9.13. The van der Waals surface area contributed by atoms with Crippen molar-refractivity contribution >= 4 is 0 Å². The second-order valence-corrected chi connectivity index (χ2v) is 3.55. The lowest BCUT2D eigenvalue weighted by molar-refractivity contribution is 0.256. The van der Waals surface area contributed by atoms with Gasteiger partial charge in [0.05, 0.1) is 24.8 Å². The number of rotatable bonds is 4. The van der Waals surface area contributed by atoms with Crippen LogP contribution in [0.15, 0.2) is 36.8 Å². The maximum atomic E-state index is 9.13. The number of imidazole rings is 1. The summed E-state index contributed by atoms with van der Waals surface area (Å²) >= 11 is 0. The van der Waals surface area contributed by atoms with Crippen molar-refractivity contribution in [3.8, 4) is 5.75 Å². The Morgan fingerprint density at radius 1 is 1.38 bits per heavy atom. The third kappa shape index (κ3) is 2.23. The third-order valence-electron chi connectivity index (χ3n) is 2.43. The van der Waals surface area contributed by atoms with E-state index in [9.17, 15) is 0 Å². The molecule has 16 heavy (non-hydrogen) atoms. The first-order chi connectivity index (χ1) is 7.81. The highest BCUT2D eigenvalue weighted by Gasteiger charge is 2.03. The maximum Gasteiger partial charge on any atom is 0.130 e. The van der Waals surface area contributed by atoms with E-state index in [1.54, 1.807) is 12.5 Å². The summed E-state index contributed by atoms with van der Waals surface area (Å²) in [5.41, 5.74) is 1.79. The summed E-state index contributed by atoms with van der Waals surface area (Å²) in [6.45, 7) is 0.440. The first-order valence-electron chi connectivity index (χ1n) is 5.08. The van der Waals surface area contributed by atoms with Crippen molar-refractivity contribution < 1.29 is 9.84 Å². The summed E-state index contributed by atoms with van der Waals surface area (Å²) in [5, 5.41) is 9.13. The predicted molar refractivity (Wildman–Crippen MR) is 59.9 cm³/mol. The van der Waals surface area contributed by atoms with Crippen molar-refractivity contribution in [3.63, 3.8) is 0 Å². The lowest BCUT2D eigenvalue weighted by atomic mass is 10.2. The van der Waals surface area contributed by atoms with Gasteiger partial charge < -0.3 is 14.4 Å². The Kier molecular flexibility index (Phi) is 3.22. The summed E-state index contributed by atoms with van der Waals surface area (Å²) in [7, 11) is 1.92. The molecular weight excluding hydrogens is 204 g/mol. The molecule has 2 rings (SSSR count). The average molecular weight is 218 g/mol. The number of aromatic nitrogens is 2. The molecule has 0 saturated heterocycles. The Morgan fingerprint density at radius 2 is 2.19 bits per heavy atom. The molecule has 0 aliphatic carbocycles. The highest BCUT2D eigenvalue weighted by molar-refractivity contribution is 5.32. The van der Waals surface area contributed by atoms with Gasteiger partial charge in [-0.2, -0.15) is 0 Å². The molecule has 0 aliphatic heterocycles. The Labute approximate surface area is 94.1 Å². The van der Waals surface area contributed by atoms with E-state index in [-0.39, 0.29) is 6.61 Å². The largest absolute Gasteiger partial charge is 0.487 e. The molecule has 84 valence electrons. The first-order valence-corrected chi connectivity index (χ1v) is 5.08. The van der Waals surface area contributed by atoms with Crippen LogP contribution >= 0.6 is 0 Å². The molecule has 4 heteroatoms. The molecule has 1 N–H and O–H groups in total. The van der Waals surface area contributed by atoms with Crippen LogP contribution in [0.25, 0.3) is 0 Å². The molecule has 0 radical (unpaired) electrons. The number of hydrogen-bond acceptors (Lipinski definition) is 3. The summed E-state index contributed by atoms with van der Waals surface area (Å²) < 4.78 is 7.54. The molecule has 2 aromatic rings. The minimum atomic E-state index is -0.0123. The SMILES string of the molecule is Cn1cncc1COc1ccccc1CO. The smallest absolute Gasteiger partial charge is 0.130 e. The minimum absolute atomic E-state index is 0.0123. The molecule has 0 fully saturated rings. The van der Waals surface area contributed by atoms with Crippen LogP contribution in [0.5, 0.6) is 5.75 Å². The van der Waals surface area contributed by atoms with E-state index >= 15 is 0 Å². The van der Waals surface area contributed by atoms with Crippen LogP contribution in [0.4, 0.5) is 0 Å². The Balaban J connectivity index is 2.07.